The summed E-state index contributed by atoms with van der Waals surface area (Å²) in [5.74, 6) is -6.72. The van der Waals surface area contributed by atoms with Gasteiger partial charge in [-0.1, -0.05) is 0 Å². The van der Waals surface area contributed by atoms with Gasteiger partial charge in [0.15, 0.2) is 11.6 Å². The lowest BCUT2D eigenvalue weighted by Gasteiger charge is -2.13. The van der Waals surface area contributed by atoms with Crippen molar-refractivity contribution in [2.75, 3.05) is 12.8 Å². The zero-order valence-electron chi connectivity index (χ0n) is 14.3. The number of halogens is 3. The molecule has 3 aromatic rings. The molecule has 134 valence electrons. The van der Waals surface area contributed by atoms with Gasteiger partial charge < -0.3 is 20.9 Å². The lowest BCUT2D eigenvalue weighted by atomic mass is 10.1. The van der Waals surface area contributed by atoms with Crippen LogP contribution in [0.3, 0.4) is 0 Å². The molecule has 0 saturated heterocycles. The maximum atomic E-state index is 14.2. The number of hydrogen-bond donors (Lipinski definition) is 2. The van der Waals surface area contributed by atoms with Crippen LogP contribution >= 0.6 is 0 Å². The molecule has 0 aliphatic heterocycles. The van der Waals surface area contributed by atoms with Crippen LogP contribution < -0.4 is 20.9 Å². The number of aromatic nitrogens is 1. The van der Waals surface area contributed by atoms with E-state index < -0.39 is 40.8 Å². The van der Waals surface area contributed by atoms with Crippen molar-refractivity contribution >= 4 is 22.5 Å². The Morgan fingerprint density at radius 3 is 2.62 bits per heavy atom. The molecule has 1 aromatic heterocycles. The fraction of sp³-hybridized carbons (Fsp3) is 0.0588. The number of methoxy groups -OCH3 is 1. The van der Waals surface area contributed by atoms with Crippen molar-refractivity contribution < 1.29 is 28.8 Å². The molecule has 0 aliphatic rings. The molecule has 4 N–H and O–H groups in total. The van der Waals surface area contributed by atoms with E-state index in [-0.39, 0.29) is 28.0 Å². The molecule has 9 heteroatoms. The number of nitrogen functional groups attached to an aromatic ring is 1. The van der Waals surface area contributed by atoms with Gasteiger partial charge >= 0.3 is 0 Å². The molecule has 0 unspecified atom stereocenters. The van der Waals surface area contributed by atoms with Crippen molar-refractivity contribution in [3.05, 3.63) is 53.5 Å². The Kier molecular flexibility index (Phi) is 3.96. The predicted molar refractivity (Wildman–Crippen MR) is 87.6 cm³/mol. The molecule has 0 bridgehead atoms. The molecule has 26 heavy (non-hydrogen) atoms. The van der Waals surface area contributed by atoms with Gasteiger partial charge in [0, 0.05) is 23.7 Å². The van der Waals surface area contributed by atoms with Crippen molar-refractivity contribution in [1.29, 1.82) is 0 Å². The molecule has 0 spiro atoms. The first-order chi connectivity index (χ1) is 12.8. The second-order valence-electron chi connectivity index (χ2n) is 5.15. The van der Waals surface area contributed by atoms with Crippen molar-refractivity contribution in [2.24, 2.45) is 5.73 Å². The van der Waals surface area contributed by atoms with E-state index in [0.717, 1.165) is 0 Å². The number of carbonyl (C=O) groups is 1. The lowest BCUT2D eigenvalue weighted by Crippen LogP contribution is -2.12. The highest BCUT2D eigenvalue weighted by Gasteiger charge is 2.21. The van der Waals surface area contributed by atoms with Gasteiger partial charge in [-0.2, -0.15) is 4.39 Å². The van der Waals surface area contributed by atoms with Crippen LogP contribution in [0, 0.1) is 17.5 Å². The second kappa shape index (κ2) is 6.43. The Morgan fingerprint density at radius 2 is 1.96 bits per heavy atom. The number of nitrogens with zero attached hydrogens (tertiary/aromatic N) is 1. The van der Waals surface area contributed by atoms with Gasteiger partial charge in [0.1, 0.15) is 11.5 Å². The first-order valence-corrected chi connectivity index (χ1v) is 7.13. The Hall–Kier alpha value is -3.49. The molecule has 2 aromatic carbocycles. The normalized spacial score (nSPS) is 11.3. The Balaban J connectivity index is 2.22. The number of benzene rings is 2. The summed E-state index contributed by atoms with van der Waals surface area (Å²) in [7, 11) is 1.33. The molecule has 1 amide bonds. The number of anilines is 1. The van der Waals surface area contributed by atoms with E-state index >= 15 is 0 Å². The molecule has 0 radical (unpaired) electrons. The van der Waals surface area contributed by atoms with Gasteiger partial charge in [-0.05, 0) is 12.1 Å². The third-order valence-electron chi connectivity index (χ3n) is 3.57. The molecule has 0 atom stereocenters. The number of ether oxygens (including phenoxy) is 2. The summed E-state index contributed by atoms with van der Waals surface area (Å²) < 4.78 is 59.7. The highest BCUT2D eigenvalue weighted by molar-refractivity contribution is 6.01. The van der Waals surface area contributed by atoms with Crippen molar-refractivity contribution in [1.82, 2.24) is 4.98 Å². The van der Waals surface area contributed by atoms with Crippen molar-refractivity contribution in [3.63, 3.8) is 0 Å². The Labute approximate surface area is 146 Å². The average Bonchev–Trinajstić information content (AvgIpc) is 2.67. The topological polar surface area (TPSA) is 100 Å². The summed E-state index contributed by atoms with van der Waals surface area (Å²) >= 11 is 0. The summed E-state index contributed by atoms with van der Waals surface area (Å²) in [6.45, 7) is 0. The van der Waals surface area contributed by atoms with Gasteiger partial charge in [-0.25, -0.2) is 8.78 Å². The average molecular weight is 364 g/mol. The molecular weight excluding hydrogens is 351 g/mol. The highest BCUT2D eigenvalue weighted by atomic mass is 19.2. The molecular formula is C17H12F3N3O3. The second-order valence-corrected chi connectivity index (χ2v) is 5.15. The summed E-state index contributed by atoms with van der Waals surface area (Å²) in [6, 6.07) is 2.86. The number of rotatable bonds is 4. The molecule has 1 heterocycles. The fourth-order valence-corrected chi connectivity index (χ4v) is 2.34. The number of carbonyl (C=O) groups excluding carboxylic acids is 1. The Bertz CT molecular complexity index is 1060. The van der Waals surface area contributed by atoms with Crippen LogP contribution in [0.1, 0.15) is 11.7 Å². The largest absolute Gasteiger partial charge is 0.496 e. The zero-order valence-corrected chi connectivity index (χ0v) is 13.3. The van der Waals surface area contributed by atoms with Crippen LogP contribution in [-0.2, 0) is 0 Å². The van der Waals surface area contributed by atoms with E-state index in [9.17, 15) is 18.0 Å². The maximum Gasteiger partial charge on any atom is 0.252 e. The van der Waals surface area contributed by atoms with Crippen LogP contribution in [0.2, 0.25) is 0 Å². The first kappa shape index (κ1) is 16.0. The first-order valence-electron chi connectivity index (χ1n) is 7.63. The summed E-state index contributed by atoms with van der Waals surface area (Å²) in [6.07, 6.45) is 1.27. The zero-order chi connectivity index (χ0) is 19.9. The predicted octanol–water partition coefficient (Wildman–Crippen LogP) is 3.13. The number of primary amides is 1. The standard InChI is InChI=1S/C17H12F3N3O3/c1-25-13-6-11-7(4-8(13)17(22)24)12(2-3-23-11)26-16-9(18)5-10(21)14(19)15(16)20/h2-6H,21H2,1H3,(H2,22,24)/i5D. The quantitative estimate of drug-likeness (QED) is 0.547. The van der Waals surface area contributed by atoms with Gasteiger partial charge in [0.2, 0.25) is 11.6 Å². The number of hydrogen-bond acceptors (Lipinski definition) is 5. The minimum atomic E-state index is -1.69. The third-order valence-corrected chi connectivity index (χ3v) is 3.57. The molecule has 6 nitrogen and oxygen atoms in total. The van der Waals surface area contributed by atoms with E-state index in [1.165, 1.54) is 31.5 Å². The summed E-state index contributed by atoms with van der Waals surface area (Å²) in [4.78, 5) is 15.7. The monoisotopic (exact) mass is 364 g/mol. The summed E-state index contributed by atoms with van der Waals surface area (Å²) in [5.41, 5.74) is 9.72. The smallest absolute Gasteiger partial charge is 0.252 e. The fourth-order valence-electron chi connectivity index (χ4n) is 2.34. The maximum absolute atomic E-state index is 14.2. The van der Waals surface area contributed by atoms with Gasteiger partial charge in [-0.3, -0.25) is 9.78 Å². The van der Waals surface area contributed by atoms with Gasteiger partial charge in [-0.15, -0.1) is 0 Å². The molecule has 0 saturated carbocycles. The van der Waals surface area contributed by atoms with E-state index in [4.69, 9.17) is 22.3 Å². The van der Waals surface area contributed by atoms with Crippen molar-refractivity contribution in [3.8, 4) is 17.2 Å². The molecule has 0 fully saturated rings. The van der Waals surface area contributed by atoms with Gasteiger partial charge in [0.05, 0.1) is 25.2 Å². The number of fused-ring (bicyclic) bond motifs is 1. The lowest BCUT2D eigenvalue weighted by molar-refractivity contribution is 0.0997. The van der Waals surface area contributed by atoms with E-state index in [2.05, 4.69) is 4.98 Å². The SMILES string of the molecule is [2H]c1c(N)c(F)c(F)c(Oc2ccnc3cc(OC)c(C(N)=O)cc23)c1F. The number of amides is 1. The minimum absolute atomic E-state index is 0.0199. The van der Waals surface area contributed by atoms with Crippen LogP contribution in [0.25, 0.3) is 10.9 Å². The van der Waals surface area contributed by atoms with Crippen LogP contribution in [-0.4, -0.2) is 18.0 Å². The molecule has 0 aliphatic carbocycles. The van der Waals surface area contributed by atoms with Crippen LogP contribution in [0.5, 0.6) is 17.2 Å². The minimum Gasteiger partial charge on any atom is -0.496 e. The van der Waals surface area contributed by atoms with Crippen molar-refractivity contribution in [2.45, 2.75) is 0 Å². The van der Waals surface area contributed by atoms with Gasteiger partial charge in [0.25, 0.3) is 5.91 Å². The van der Waals surface area contributed by atoms with E-state index in [0.29, 0.717) is 0 Å². The van der Waals surface area contributed by atoms with E-state index in [1.807, 2.05) is 0 Å². The summed E-state index contributed by atoms with van der Waals surface area (Å²) in [5, 5.41) is 0.162. The number of pyridine rings is 1. The van der Waals surface area contributed by atoms with Crippen LogP contribution in [0.4, 0.5) is 18.9 Å². The van der Waals surface area contributed by atoms with E-state index in [1.54, 1.807) is 0 Å². The van der Waals surface area contributed by atoms with Crippen LogP contribution in [0.15, 0.2) is 30.4 Å². The molecule has 3 rings (SSSR count). The Morgan fingerprint density at radius 1 is 1.23 bits per heavy atom. The highest BCUT2D eigenvalue weighted by Crippen LogP contribution is 2.36. The number of nitrogens with two attached hydrogens (primary N) is 2. The third kappa shape index (κ3) is 2.83.